The number of benzene rings is 1. The van der Waals surface area contributed by atoms with Crippen LogP contribution >= 0.6 is 0 Å². The minimum absolute atomic E-state index is 0.194. The predicted octanol–water partition coefficient (Wildman–Crippen LogP) is 2.08. The second-order valence-electron chi connectivity index (χ2n) is 7.50. The molecule has 0 radical (unpaired) electrons. The molecule has 0 aromatic heterocycles. The van der Waals surface area contributed by atoms with Crippen molar-refractivity contribution >= 4 is 5.91 Å². The van der Waals surface area contributed by atoms with Crippen molar-refractivity contribution in [3.05, 3.63) is 23.8 Å². The lowest BCUT2D eigenvalue weighted by molar-refractivity contribution is -0.138. The number of hydrogen-bond acceptors (Lipinski definition) is 5. The number of ether oxygens (including phenoxy) is 2. The summed E-state index contributed by atoms with van der Waals surface area (Å²) in [4.78, 5) is 19.8. The average molecular weight is 376 g/mol. The van der Waals surface area contributed by atoms with Gasteiger partial charge < -0.3 is 19.3 Å². The fraction of sp³-hybridized carbons (Fsp3) is 0.667. The van der Waals surface area contributed by atoms with Gasteiger partial charge in [0.05, 0.1) is 14.2 Å². The second-order valence-corrected chi connectivity index (χ2v) is 7.50. The third kappa shape index (κ3) is 4.93. The smallest absolute Gasteiger partial charge is 0.225 e. The van der Waals surface area contributed by atoms with Gasteiger partial charge in [0.1, 0.15) is 0 Å². The van der Waals surface area contributed by atoms with E-state index >= 15 is 0 Å². The van der Waals surface area contributed by atoms with Crippen LogP contribution < -0.4 is 9.47 Å². The van der Waals surface area contributed by atoms with E-state index in [0.717, 1.165) is 76.7 Å². The maximum atomic E-state index is 12.8. The number of piperidine rings is 1. The summed E-state index contributed by atoms with van der Waals surface area (Å²) in [5.74, 6) is 2.09. The van der Waals surface area contributed by atoms with Crippen LogP contribution in [0.25, 0.3) is 0 Å². The summed E-state index contributed by atoms with van der Waals surface area (Å²) in [5, 5.41) is 0. The van der Waals surface area contributed by atoms with Gasteiger partial charge in [0, 0.05) is 38.6 Å². The van der Waals surface area contributed by atoms with Gasteiger partial charge in [-0.05, 0) is 50.2 Å². The van der Waals surface area contributed by atoms with Crippen LogP contribution in [-0.4, -0.2) is 80.6 Å². The minimum Gasteiger partial charge on any atom is -0.493 e. The average Bonchev–Trinajstić information content (AvgIpc) is 2.73. The molecule has 6 nitrogen and oxygen atoms in total. The van der Waals surface area contributed by atoms with Gasteiger partial charge in [0.2, 0.25) is 5.91 Å². The fourth-order valence-electron chi connectivity index (χ4n) is 4.12. The van der Waals surface area contributed by atoms with E-state index in [0.29, 0.717) is 5.91 Å². The van der Waals surface area contributed by atoms with E-state index in [1.807, 2.05) is 12.1 Å². The first kappa shape index (κ1) is 20.0. The van der Waals surface area contributed by atoms with Gasteiger partial charge in [0.25, 0.3) is 0 Å². The Labute approximate surface area is 163 Å². The summed E-state index contributed by atoms with van der Waals surface area (Å²) in [7, 11) is 3.32. The normalized spacial score (nSPS) is 19.9. The van der Waals surface area contributed by atoms with Crippen molar-refractivity contribution < 1.29 is 14.3 Å². The molecule has 2 aliphatic rings. The quantitative estimate of drug-likeness (QED) is 0.762. The molecule has 0 aliphatic carbocycles. The van der Waals surface area contributed by atoms with Gasteiger partial charge in [0.15, 0.2) is 11.5 Å². The monoisotopic (exact) mass is 375 g/mol. The number of carbonyl (C=O) groups is 1. The molecule has 1 aromatic rings. The van der Waals surface area contributed by atoms with E-state index in [2.05, 4.69) is 27.7 Å². The topological polar surface area (TPSA) is 45.2 Å². The molecule has 0 N–H and O–H groups in total. The van der Waals surface area contributed by atoms with E-state index in [9.17, 15) is 4.79 Å². The molecule has 2 aliphatic heterocycles. The van der Waals surface area contributed by atoms with Crippen molar-refractivity contribution in [1.82, 2.24) is 14.7 Å². The summed E-state index contributed by atoms with van der Waals surface area (Å²) in [6.07, 6.45) is 1.92. The van der Waals surface area contributed by atoms with Crippen LogP contribution in [0.15, 0.2) is 18.2 Å². The second kappa shape index (κ2) is 9.42. The number of piperazine rings is 1. The minimum atomic E-state index is 0.194. The van der Waals surface area contributed by atoms with Crippen LogP contribution in [-0.2, 0) is 11.3 Å². The van der Waals surface area contributed by atoms with Crippen molar-refractivity contribution in [3.63, 3.8) is 0 Å². The molecule has 3 rings (SSSR count). The molecule has 0 unspecified atom stereocenters. The highest BCUT2D eigenvalue weighted by atomic mass is 16.5. The Kier molecular flexibility index (Phi) is 6.96. The number of hydrogen-bond donors (Lipinski definition) is 0. The SMILES string of the molecule is CCN1CCN(C(=O)C2CCN(Cc3ccc(OC)c(OC)c3)CC2)CC1. The molecule has 2 saturated heterocycles. The number of methoxy groups -OCH3 is 2. The first-order valence-corrected chi connectivity index (χ1v) is 10.1. The van der Waals surface area contributed by atoms with Crippen LogP contribution in [0.4, 0.5) is 0 Å². The Hall–Kier alpha value is -1.79. The number of rotatable bonds is 6. The summed E-state index contributed by atoms with van der Waals surface area (Å²) < 4.78 is 10.7. The summed E-state index contributed by atoms with van der Waals surface area (Å²) in [6, 6.07) is 6.09. The highest BCUT2D eigenvalue weighted by Gasteiger charge is 2.30. The molecule has 6 heteroatoms. The molecule has 2 heterocycles. The van der Waals surface area contributed by atoms with Crippen LogP contribution in [0.5, 0.6) is 11.5 Å². The van der Waals surface area contributed by atoms with Crippen molar-refractivity contribution in [2.45, 2.75) is 26.3 Å². The largest absolute Gasteiger partial charge is 0.493 e. The third-order valence-corrected chi connectivity index (χ3v) is 5.92. The highest BCUT2D eigenvalue weighted by molar-refractivity contribution is 5.79. The standard InChI is InChI=1S/C21H33N3O3/c1-4-22-11-13-24(14-12-22)21(25)18-7-9-23(10-8-18)16-17-5-6-19(26-2)20(15-17)27-3/h5-6,15,18H,4,7-14,16H2,1-3H3. The predicted molar refractivity (Wildman–Crippen MR) is 106 cm³/mol. The Morgan fingerprint density at radius 3 is 2.22 bits per heavy atom. The van der Waals surface area contributed by atoms with Gasteiger partial charge >= 0.3 is 0 Å². The zero-order valence-corrected chi connectivity index (χ0v) is 16.9. The first-order valence-electron chi connectivity index (χ1n) is 10.1. The Morgan fingerprint density at radius 1 is 0.963 bits per heavy atom. The van der Waals surface area contributed by atoms with Crippen LogP contribution in [0.2, 0.25) is 0 Å². The maximum absolute atomic E-state index is 12.8. The summed E-state index contributed by atoms with van der Waals surface area (Å²) >= 11 is 0. The fourth-order valence-corrected chi connectivity index (χ4v) is 4.12. The van der Waals surface area contributed by atoms with E-state index < -0.39 is 0 Å². The molecule has 1 amide bonds. The molecule has 1 aromatic carbocycles. The van der Waals surface area contributed by atoms with E-state index in [4.69, 9.17) is 9.47 Å². The Balaban J connectivity index is 1.48. The van der Waals surface area contributed by atoms with Crippen molar-refractivity contribution in [2.24, 2.45) is 5.92 Å². The summed E-state index contributed by atoms with van der Waals surface area (Å²) in [6.45, 7) is 9.90. The number of amides is 1. The molecule has 0 atom stereocenters. The first-order chi connectivity index (χ1) is 13.1. The molecule has 0 saturated carbocycles. The number of likely N-dealkylation sites (N-methyl/N-ethyl adjacent to an activating group) is 1. The van der Waals surface area contributed by atoms with Crippen LogP contribution in [0.3, 0.4) is 0 Å². The highest BCUT2D eigenvalue weighted by Crippen LogP contribution is 2.29. The summed E-state index contributed by atoms with van der Waals surface area (Å²) in [5.41, 5.74) is 1.22. The van der Waals surface area contributed by atoms with Crippen molar-refractivity contribution in [2.75, 3.05) is 60.0 Å². The van der Waals surface area contributed by atoms with Crippen molar-refractivity contribution in [3.8, 4) is 11.5 Å². The third-order valence-electron chi connectivity index (χ3n) is 5.92. The molecule has 0 spiro atoms. The van der Waals surface area contributed by atoms with E-state index in [1.54, 1.807) is 14.2 Å². The van der Waals surface area contributed by atoms with Gasteiger partial charge in [-0.1, -0.05) is 13.0 Å². The lowest BCUT2D eigenvalue weighted by Crippen LogP contribution is -2.51. The molecule has 27 heavy (non-hydrogen) atoms. The van der Waals surface area contributed by atoms with E-state index in [-0.39, 0.29) is 5.92 Å². The van der Waals surface area contributed by atoms with Gasteiger partial charge in [-0.3, -0.25) is 9.69 Å². The van der Waals surface area contributed by atoms with Gasteiger partial charge in [-0.15, -0.1) is 0 Å². The number of nitrogens with zero attached hydrogens (tertiary/aromatic N) is 3. The lowest BCUT2D eigenvalue weighted by Gasteiger charge is -2.38. The maximum Gasteiger partial charge on any atom is 0.225 e. The van der Waals surface area contributed by atoms with E-state index in [1.165, 1.54) is 5.56 Å². The molecule has 2 fully saturated rings. The van der Waals surface area contributed by atoms with Gasteiger partial charge in [-0.25, -0.2) is 0 Å². The van der Waals surface area contributed by atoms with Crippen LogP contribution in [0.1, 0.15) is 25.3 Å². The molecular formula is C21H33N3O3. The van der Waals surface area contributed by atoms with Gasteiger partial charge in [-0.2, -0.15) is 0 Å². The molecule has 150 valence electrons. The molecule has 0 bridgehead atoms. The van der Waals surface area contributed by atoms with Crippen molar-refractivity contribution in [1.29, 1.82) is 0 Å². The lowest BCUT2D eigenvalue weighted by atomic mass is 9.94. The Bertz CT molecular complexity index is 621. The Morgan fingerprint density at radius 2 is 1.63 bits per heavy atom. The molecular weight excluding hydrogens is 342 g/mol. The number of likely N-dealkylation sites (tertiary alicyclic amines) is 1. The zero-order valence-electron chi connectivity index (χ0n) is 16.9. The van der Waals surface area contributed by atoms with Crippen LogP contribution in [0, 0.1) is 5.92 Å². The number of carbonyl (C=O) groups excluding carboxylic acids is 1. The zero-order chi connectivity index (χ0) is 19.2.